The molecule has 0 amide bonds. The highest BCUT2D eigenvalue weighted by Crippen LogP contribution is 2.45. The molecule has 82 valence electrons. The number of diazo groups is 1. The van der Waals surface area contributed by atoms with Crippen molar-refractivity contribution < 1.29 is 9.53 Å². The first-order valence-corrected chi connectivity index (χ1v) is 5.19. The Labute approximate surface area is 97.0 Å². The highest BCUT2D eigenvalue weighted by Gasteiger charge is 2.37. The first kappa shape index (κ1) is 10.8. The predicted molar refractivity (Wildman–Crippen MR) is 57.3 cm³/mol. The number of nitrogens with zero attached hydrogens (tertiary/aromatic N) is 3. The number of halogens is 1. The van der Waals surface area contributed by atoms with E-state index in [1.807, 2.05) is 0 Å². The smallest absolute Gasteiger partial charge is 0.421 e. The lowest BCUT2D eigenvalue weighted by Crippen LogP contribution is -2.04. The SMILES string of the molecule is COC(=O)c1cc(Cl)nc(C2CC2)c1[N+]#N. The van der Waals surface area contributed by atoms with Gasteiger partial charge in [-0.05, 0) is 18.9 Å². The highest BCUT2D eigenvalue weighted by atomic mass is 35.5. The molecule has 0 bridgehead atoms. The van der Waals surface area contributed by atoms with Gasteiger partial charge in [0, 0.05) is 5.92 Å². The van der Waals surface area contributed by atoms with Crippen LogP contribution in [0.1, 0.15) is 34.8 Å². The molecule has 5 nitrogen and oxygen atoms in total. The molecule has 0 saturated heterocycles. The number of carbonyl (C=O) groups is 1. The van der Waals surface area contributed by atoms with Crippen LogP contribution >= 0.6 is 11.6 Å². The largest absolute Gasteiger partial charge is 0.465 e. The number of ether oxygens (including phenoxy) is 1. The molecule has 0 aliphatic heterocycles. The number of pyridine rings is 1. The summed E-state index contributed by atoms with van der Waals surface area (Å²) in [5.41, 5.74) is 0.876. The van der Waals surface area contributed by atoms with Gasteiger partial charge >= 0.3 is 11.7 Å². The van der Waals surface area contributed by atoms with Crippen molar-refractivity contribution in [3.8, 4) is 0 Å². The number of aromatic nitrogens is 1. The van der Waals surface area contributed by atoms with Crippen LogP contribution in [0.15, 0.2) is 6.07 Å². The maximum absolute atomic E-state index is 11.5. The van der Waals surface area contributed by atoms with E-state index >= 15 is 0 Å². The van der Waals surface area contributed by atoms with Crippen molar-refractivity contribution >= 4 is 23.3 Å². The van der Waals surface area contributed by atoms with Gasteiger partial charge in [-0.15, -0.1) is 0 Å². The molecule has 1 heterocycles. The monoisotopic (exact) mass is 238 g/mol. The fraction of sp³-hybridized carbons (Fsp3) is 0.400. The first-order chi connectivity index (χ1) is 7.67. The van der Waals surface area contributed by atoms with Gasteiger partial charge in [0.15, 0.2) is 10.5 Å². The fourth-order valence-electron chi connectivity index (χ4n) is 1.54. The van der Waals surface area contributed by atoms with Crippen LogP contribution in [0.25, 0.3) is 4.98 Å². The van der Waals surface area contributed by atoms with Crippen LogP contribution in [0.2, 0.25) is 5.15 Å². The van der Waals surface area contributed by atoms with Crippen molar-refractivity contribution in [3.63, 3.8) is 0 Å². The molecule has 1 fully saturated rings. The van der Waals surface area contributed by atoms with E-state index in [-0.39, 0.29) is 22.3 Å². The first-order valence-electron chi connectivity index (χ1n) is 4.81. The van der Waals surface area contributed by atoms with E-state index in [2.05, 4.69) is 14.7 Å². The number of hydrogen-bond acceptors (Lipinski definition) is 4. The molecular weight excluding hydrogens is 230 g/mol. The number of esters is 1. The Morgan fingerprint density at radius 2 is 2.38 bits per heavy atom. The van der Waals surface area contributed by atoms with Gasteiger partial charge in [0.2, 0.25) is 5.39 Å². The standard InChI is InChI=1S/C10H9ClN3O2/c1-16-10(15)6-4-7(11)13-8(5-2-3-5)9(6)14-12/h4-5H,2-3H2,1H3/q+1. The van der Waals surface area contributed by atoms with E-state index in [9.17, 15) is 4.79 Å². The summed E-state index contributed by atoms with van der Waals surface area (Å²) in [5, 5.41) is 9.15. The molecule has 1 aliphatic carbocycles. The van der Waals surface area contributed by atoms with Crippen molar-refractivity contribution in [1.29, 1.82) is 5.39 Å². The van der Waals surface area contributed by atoms with E-state index in [1.165, 1.54) is 13.2 Å². The average Bonchev–Trinajstić information content (AvgIpc) is 3.10. The summed E-state index contributed by atoms with van der Waals surface area (Å²) in [6.07, 6.45) is 1.94. The average molecular weight is 239 g/mol. The lowest BCUT2D eigenvalue weighted by molar-refractivity contribution is 0.0602. The Morgan fingerprint density at radius 3 is 2.88 bits per heavy atom. The molecule has 16 heavy (non-hydrogen) atoms. The topological polar surface area (TPSA) is 67.3 Å². The van der Waals surface area contributed by atoms with Crippen molar-refractivity contribution in [2.75, 3.05) is 7.11 Å². The van der Waals surface area contributed by atoms with E-state index < -0.39 is 5.97 Å². The summed E-state index contributed by atoms with van der Waals surface area (Å²) in [6.45, 7) is 0. The van der Waals surface area contributed by atoms with Gasteiger partial charge in [-0.3, -0.25) is 0 Å². The lowest BCUT2D eigenvalue weighted by Gasteiger charge is -2.00. The molecular formula is C10H9ClN3O2+. The summed E-state index contributed by atoms with van der Waals surface area (Å²) in [7, 11) is 1.26. The van der Waals surface area contributed by atoms with Crippen LogP contribution in [0.4, 0.5) is 5.69 Å². The van der Waals surface area contributed by atoms with Crippen molar-refractivity contribution in [2.45, 2.75) is 18.8 Å². The maximum Gasteiger partial charge on any atom is 0.421 e. The molecule has 0 N–H and O–H groups in total. The molecule has 0 spiro atoms. The summed E-state index contributed by atoms with van der Waals surface area (Å²) in [5.74, 6) is -0.355. The van der Waals surface area contributed by atoms with Gasteiger partial charge in [0.1, 0.15) is 10.8 Å². The fourth-order valence-corrected chi connectivity index (χ4v) is 1.74. The van der Waals surface area contributed by atoms with Crippen LogP contribution in [0.5, 0.6) is 0 Å². The van der Waals surface area contributed by atoms with Crippen molar-refractivity contribution in [2.24, 2.45) is 0 Å². The summed E-state index contributed by atoms with van der Waals surface area (Å²) < 4.78 is 4.59. The normalized spacial score (nSPS) is 14.3. The minimum atomic E-state index is -0.584. The Kier molecular flexibility index (Phi) is 2.75. The van der Waals surface area contributed by atoms with Crippen LogP contribution in [0, 0.1) is 5.39 Å². The molecule has 0 aromatic carbocycles. The number of methoxy groups -OCH3 is 1. The van der Waals surface area contributed by atoms with Crippen LogP contribution in [0.3, 0.4) is 0 Å². The van der Waals surface area contributed by atoms with Gasteiger partial charge in [-0.1, -0.05) is 11.6 Å². The molecule has 1 aliphatic rings. The molecule has 1 aromatic rings. The molecule has 1 aromatic heterocycles. The van der Waals surface area contributed by atoms with Crippen LogP contribution in [-0.4, -0.2) is 18.1 Å². The second-order valence-corrected chi connectivity index (χ2v) is 3.98. The third-order valence-electron chi connectivity index (χ3n) is 2.46. The minimum absolute atomic E-state index is 0.145. The van der Waals surface area contributed by atoms with E-state index in [0.717, 1.165) is 12.8 Å². The molecule has 0 unspecified atom stereocenters. The quantitative estimate of drug-likeness (QED) is 0.451. The lowest BCUT2D eigenvalue weighted by atomic mass is 10.1. The molecule has 6 heteroatoms. The number of rotatable bonds is 2. The zero-order valence-electron chi connectivity index (χ0n) is 8.61. The zero-order chi connectivity index (χ0) is 11.7. The van der Waals surface area contributed by atoms with Gasteiger partial charge in [-0.25, -0.2) is 9.78 Å². The molecule has 0 radical (unpaired) electrons. The minimum Gasteiger partial charge on any atom is -0.465 e. The van der Waals surface area contributed by atoms with Crippen molar-refractivity contribution in [1.82, 2.24) is 4.98 Å². The van der Waals surface area contributed by atoms with Crippen LogP contribution < -0.4 is 0 Å². The van der Waals surface area contributed by atoms with Gasteiger partial charge < -0.3 is 4.74 Å². The highest BCUT2D eigenvalue weighted by molar-refractivity contribution is 6.30. The Hall–Kier alpha value is -1.67. The van der Waals surface area contributed by atoms with E-state index in [4.69, 9.17) is 17.0 Å². The van der Waals surface area contributed by atoms with Gasteiger partial charge in [-0.2, -0.15) is 0 Å². The Bertz CT molecular complexity index is 492. The summed E-state index contributed by atoms with van der Waals surface area (Å²) in [6, 6.07) is 1.34. The second-order valence-electron chi connectivity index (χ2n) is 3.59. The maximum atomic E-state index is 11.5. The molecule has 1 saturated carbocycles. The number of carbonyl (C=O) groups excluding carboxylic acids is 1. The van der Waals surface area contributed by atoms with Crippen molar-refractivity contribution in [3.05, 3.63) is 27.5 Å². The Balaban J connectivity index is 2.59. The Morgan fingerprint density at radius 1 is 1.69 bits per heavy atom. The van der Waals surface area contributed by atoms with Crippen LogP contribution in [-0.2, 0) is 4.74 Å². The van der Waals surface area contributed by atoms with Gasteiger partial charge in [0.25, 0.3) is 0 Å². The number of hydrogen-bond donors (Lipinski definition) is 0. The third kappa shape index (κ3) is 1.84. The third-order valence-corrected chi connectivity index (χ3v) is 2.65. The molecule has 0 atom stereocenters. The second kappa shape index (κ2) is 4.06. The van der Waals surface area contributed by atoms with E-state index in [1.54, 1.807) is 0 Å². The zero-order valence-corrected chi connectivity index (χ0v) is 9.36. The molecule has 2 rings (SSSR count). The summed E-state index contributed by atoms with van der Waals surface area (Å²) >= 11 is 5.81. The van der Waals surface area contributed by atoms with E-state index in [0.29, 0.717) is 5.69 Å². The summed E-state index contributed by atoms with van der Waals surface area (Å²) in [4.78, 5) is 18.7. The van der Waals surface area contributed by atoms with Gasteiger partial charge in [0.05, 0.1) is 7.11 Å². The predicted octanol–water partition coefficient (Wildman–Crippen LogP) is 2.88.